The number of hydrogen-bond acceptors (Lipinski definition) is 2. The first-order valence-corrected chi connectivity index (χ1v) is 2.59. The number of Topliss-reactive ketones (excluding diaryl/α,β-unsaturated/α-hetero) is 1. The summed E-state index contributed by atoms with van der Waals surface area (Å²) in [6.45, 7) is 2.12. The van der Waals surface area contributed by atoms with E-state index < -0.39 is 0 Å². The first-order chi connectivity index (χ1) is 3.80. The maximum absolute atomic E-state index is 10.5. The fraction of sp³-hybridized carbons (Fsp3) is 0.500. The second kappa shape index (κ2) is 2.09. The van der Waals surface area contributed by atoms with Crippen molar-refractivity contribution in [3.05, 3.63) is 12.2 Å². The van der Waals surface area contributed by atoms with E-state index in [2.05, 4.69) is 0 Å². The van der Waals surface area contributed by atoms with Crippen LogP contribution in [-0.2, 0) is 9.53 Å². The van der Waals surface area contributed by atoms with Gasteiger partial charge in [0.05, 0.1) is 6.61 Å². The lowest BCUT2D eigenvalue weighted by molar-refractivity contribution is -0.124. The van der Waals surface area contributed by atoms with E-state index in [1.54, 1.807) is 6.08 Å². The van der Waals surface area contributed by atoms with Gasteiger partial charge in [-0.2, -0.15) is 0 Å². The first-order valence-electron chi connectivity index (χ1n) is 2.59. The Labute approximate surface area is 48.1 Å². The summed E-state index contributed by atoms with van der Waals surface area (Å²) < 4.78 is 4.95. The maximum atomic E-state index is 10.5. The van der Waals surface area contributed by atoms with E-state index in [4.69, 9.17) is 4.74 Å². The van der Waals surface area contributed by atoms with Gasteiger partial charge in [0.1, 0.15) is 6.10 Å². The summed E-state index contributed by atoms with van der Waals surface area (Å²) in [5.41, 5.74) is 0. The molecule has 2 heteroatoms. The molecular weight excluding hydrogens is 104 g/mol. The second-order valence-electron chi connectivity index (χ2n) is 1.79. The third-order valence-corrected chi connectivity index (χ3v) is 1.08. The lowest BCUT2D eigenvalue weighted by Gasteiger charge is -1.99. The molecule has 0 aromatic carbocycles. The van der Waals surface area contributed by atoms with Crippen LogP contribution >= 0.6 is 0 Å². The summed E-state index contributed by atoms with van der Waals surface area (Å²) >= 11 is 0. The molecule has 1 atom stereocenters. The van der Waals surface area contributed by atoms with Crippen molar-refractivity contribution in [1.82, 2.24) is 0 Å². The molecule has 1 aliphatic heterocycles. The van der Waals surface area contributed by atoms with E-state index >= 15 is 0 Å². The Hall–Kier alpha value is -0.630. The molecule has 0 aromatic heterocycles. The highest BCUT2D eigenvalue weighted by molar-refractivity contribution is 5.82. The minimum atomic E-state index is -0.255. The molecule has 0 aromatic rings. The molecule has 0 spiro atoms. The van der Waals surface area contributed by atoms with Crippen LogP contribution in [-0.4, -0.2) is 18.5 Å². The zero-order valence-electron chi connectivity index (χ0n) is 4.76. The average molecular weight is 112 g/mol. The molecule has 1 unspecified atom stereocenters. The molecule has 0 N–H and O–H groups in total. The number of ketones is 1. The van der Waals surface area contributed by atoms with E-state index in [1.165, 1.54) is 6.92 Å². The Morgan fingerprint density at radius 2 is 2.62 bits per heavy atom. The highest BCUT2D eigenvalue weighted by Crippen LogP contribution is 2.02. The number of hydrogen-bond donors (Lipinski definition) is 0. The summed E-state index contributed by atoms with van der Waals surface area (Å²) in [6, 6.07) is 0. The zero-order chi connectivity index (χ0) is 5.98. The molecule has 44 valence electrons. The van der Waals surface area contributed by atoms with Crippen LogP contribution in [0.1, 0.15) is 6.92 Å². The molecule has 0 amide bonds. The van der Waals surface area contributed by atoms with Crippen LogP contribution in [0.25, 0.3) is 0 Å². The molecule has 1 heterocycles. The average Bonchev–Trinajstić information content (AvgIpc) is 2.12. The monoisotopic (exact) mass is 112 g/mol. The molecule has 0 saturated heterocycles. The van der Waals surface area contributed by atoms with Gasteiger partial charge in [-0.15, -0.1) is 0 Å². The van der Waals surface area contributed by atoms with Gasteiger partial charge in [0.2, 0.25) is 0 Å². The quantitative estimate of drug-likeness (QED) is 0.462. The predicted molar refractivity (Wildman–Crippen MR) is 29.6 cm³/mol. The molecule has 1 aliphatic rings. The van der Waals surface area contributed by atoms with Crippen molar-refractivity contribution in [2.45, 2.75) is 13.0 Å². The molecule has 1 rings (SSSR count). The Morgan fingerprint density at radius 1 is 1.88 bits per heavy atom. The molecule has 8 heavy (non-hydrogen) atoms. The summed E-state index contributed by atoms with van der Waals surface area (Å²) in [5.74, 6) is 0.0822. The van der Waals surface area contributed by atoms with Crippen LogP contribution < -0.4 is 0 Å². The van der Waals surface area contributed by atoms with Gasteiger partial charge in [-0.3, -0.25) is 4.79 Å². The van der Waals surface area contributed by atoms with Crippen LogP contribution in [0.2, 0.25) is 0 Å². The number of ether oxygens (including phenoxy) is 1. The van der Waals surface area contributed by atoms with Crippen molar-refractivity contribution in [2.24, 2.45) is 0 Å². The topological polar surface area (TPSA) is 26.3 Å². The summed E-state index contributed by atoms with van der Waals surface area (Å²) in [7, 11) is 0. The van der Waals surface area contributed by atoms with E-state index in [0.29, 0.717) is 6.61 Å². The minimum absolute atomic E-state index is 0.0822. The fourth-order valence-corrected chi connectivity index (χ4v) is 0.647. The Kier molecular flexibility index (Phi) is 1.44. The van der Waals surface area contributed by atoms with Crippen LogP contribution in [0, 0.1) is 0 Å². The van der Waals surface area contributed by atoms with Crippen molar-refractivity contribution in [1.29, 1.82) is 0 Å². The van der Waals surface area contributed by atoms with E-state index in [9.17, 15) is 4.79 Å². The largest absolute Gasteiger partial charge is 0.362 e. The predicted octanol–water partition coefficient (Wildman–Crippen LogP) is 0.530. The summed E-state index contributed by atoms with van der Waals surface area (Å²) in [5, 5.41) is 0. The normalized spacial score (nSPS) is 26.4. The summed E-state index contributed by atoms with van der Waals surface area (Å²) in [4.78, 5) is 10.5. The number of carbonyl (C=O) groups is 1. The van der Waals surface area contributed by atoms with Gasteiger partial charge in [0.15, 0.2) is 5.78 Å². The van der Waals surface area contributed by atoms with Gasteiger partial charge in [-0.05, 0) is 6.92 Å². The van der Waals surface area contributed by atoms with Gasteiger partial charge in [0.25, 0.3) is 0 Å². The van der Waals surface area contributed by atoms with Gasteiger partial charge in [-0.25, -0.2) is 0 Å². The first kappa shape index (κ1) is 5.51. The maximum Gasteiger partial charge on any atom is 0.162 e. The Morgan fingerprint density at radius 3 is 2.88 bits per heavy atom. The van der Waals surface area contributed by atoms with Crippen molar-refractivity contribution < 1.29 is 9.53 Å². The Bertz CT molecular complexity index is 126. The minimum Gasteiger partial charge on any atom is -0.362 e. The van der Waals surface area contributed by atoms with E-state index in [0.717, 1.165) is 0 Å². The lowest BCUT2D eigenvalue weighted by atomic mass is 10.2. The molecular formula is C6H8O2. The third-order valence-electron chi connectivity index (χ3n) is 1.08. The number of carbonyl (C=O) groups excluding carboxylic acids is 1. The molecule has 0 aliphatic carbocycles. The van der Waals surface area contributed by atoms with Crippen molar-refractivity contribution in [2.75, 3.05) is 6.61 Å². The third kappa shape index (κ3) is 0.954. The standard InChI is InChI=1S/C6H8O2/c1-5(7)6-3-2-4-8-6/h2-3,6H,4H2,1H3. The molecule has 0 fully saturated rings. The van der Waals surface area contributed by atoms with E-state index in [-0.39, 0.29) is 11.9 Å². The van der Waals surface area contributed by atoms with Crippen molar-refractivity contribution in [3.63, 3.8) is 0 Å². The molecule has 0 saturated carbocycles. The van der Waals surface area contributed by atoms with Gasteiger partial charge in [-0.1, -0.05) is 12.2 Å². The van der Waals surface area contributed by atoms with Crippen molar-refractivity contribution in [3.8, 4) is 0 Å². The molecule has 0 radical (unpaired) electrons. The number of rotatable bonds is 1. The van der Waals surface area contributed by atoms with Crippen LogP contribution in [0.4, 0.5) is 0 Å². The van der Waals surface area contributed by atoms with E-state index in [1.807, 2.05) is 6.08 Å². The second-order valence-corrected chi connectivity index (χ2v) is 1.79. The lowest BCUT2D eigenvalue weighted by Crippen LogP contribution is -2.14. The van der Waals surface area contributed by atoms with Crippen LogP contribution in [0.15, 0.2) is 12.2 Å². The van der Waals surface area contributed by atoms with Crippen molar-refractivity contribution >= 4 is 5.78 Å². The fourth-order valence-electron chi connectivity index (χ4n) is 0.647. The highest BCUT2D eigenvalue weighted by Gasteiger charge is 2.12. The van der Waals surface area contributed by atoms with Gasteiger partial charge < -0.3 is 4.74 Å². The van der Waals surface area contributed by atoms with Gasteiger partial charge in [0, 0.05) is 0 Å². The SMILES string of the molecule is CC(=O)C1C=CCO1. The smallest absolute Gasteiger partial charge is 0.162 e. The summed E-state index contributed by atoms with van der Waals surface area (Å²) in [6.07, 6.45) is 3.38. The Balaban J connectivity index is 2.48. The molecule has 2 nitrogen and oxygen atoms in total. The highest BCUT2D eigenvalue weighted by atomic mass is 16.5. The molecule has 0 bridgehead atoms. The van der Waals surface area contributed by atoms with Crippen LogP contribution in [0.3, 0.4) is 0 Å². The van der Waals surface area contributed by atoms with Gasteiger partial charge >= 0.3 is 0 Å². The zero-order valence-corrected chi connectivity index (χ0v) is 4.76. The van der Waals surface area contributed by atoms with Crippen LogP contribution in [0.5, 0.6) is 0 Å².